The van der Waals surface area contributed by atoms with Crippen LogP contribution in [0.4, 0.5) is 5.82 Å². The van der Waals surface area contributed by atoms with E-state index >= 15 is 0 Å². The number of aromatic nitrogens is 5. The average Bonchev–Trinajstić information content (AvgIpc) is 3.28. The van der Waals surface area contributed by atoms with Crippen LogP contribution in [0.2, 0.25) is 0 Å². The second-order valence-electron chi connectivity index (χ2n) is 8.27. The van der Waals surface area contributed by atoms with Crippen LogP contribution in [0.1, 0.15) is 15.9 Å². The van der Waals surface area contributed by atoms with Crippen molar-refractivity contribution < 1.29 is 4.79 Å². The first kappa shape index (κ1) is 20.7. The minimum absolute atomic E-state index is 0.240. The molecule has 0 radical (unpaired) electrons. The van der Waals surface area contributed by atoms with Gasteiger partial charge in [-0.15, -0.1) is 0 Å². The third-order valence-electron chi connectivity index (χ3n) is 5.82. The first-order valence-electron chi connectivity index (χ1n) is 11.2. The van der Waals surface area contributed by atoms with E-state index < -0.39 is 0 Å². The highest BCUT2D eigenvalue weighted by Crippen LogP contribution is 2.33. The van der Waals surface area contributed by atoms with Gasteiger partial charge < -0.3 is 5.32 Å². The van der Waals surface area contributed by atoms with Crippen molar-refractivity contribution in [2.24, 2.45) is 0 Å². The second kappa shape index (κ2) is 8.46. The van der Waals surface area contributed by atoms with Crippen LogP contribution in [-0.4, -0.2) is 30.5 Å². The summed E-state index contributed by atoms with van der Waals surface area (Å²) in [6.07, 6.45) is 5.14. The van der Waals surface area contributed by atoms with Crippen molar-refractivity contribution in [2.75, 3.05) is 5.32 Å². The zero-order chi connectivity index (χ0) is 23.8. The minimum Gasteiger partial charge on any atom is -0.307 e. The average molecular weight is 457 g/mol. The Hall–Kier alpha value is -4.91. The number of carbonyl (C=O) groups excluding carboxylic acids is 1. The summed E-state index contributed by atoms with van der Waals surface area (Å²) in [7, 11) is 0. The Morgan fingerprint density at radius 2 is 1.74 bits per heavy atom. The monoisotopic (exact) mass is 456 g/mol. The van der Waals surface area contributed by atoms with Crippen LogP contribution in [-0.2, 0) is 0 Å². The van der Waals surface area contributed by atoms with Crippen LogP contribution in [0.5, 0.6) is 0 Å². The Morgan fingerprint density at radius 1 is 0.829 bits per heavy atom. The number of nitrogens with one attached hydrogen (secondary N) is 1. The minimum atomic E-state index is -0.240. The molecular weight excluding hydrogens is 436 g/mol. The molecule has 0 unspecified atom stereocenters. The van der Waals surface area contributed by atoms with Crippen LogP contribution in [0.3, 0.4) is 0 Å². The number of carbonyl (C=O) groups is 1. The molecule has 0 atom stereocenters. The number of anilines is 1. The maximum absolute atomic E-state index is 13.0. The third kappa shape index (κ3) is 3.89. The highest BCUT2D eigenvalue weighted by Gasteiger charge is 2.18. The molecule has 35 heavy (non-hydrogen) atoms. The Kier molecular flexibility index (Phi) is 5.00. The molecule has 0 spiro atoms. The van der Waals surface area contributed by atoms with Crippen molar-refractivity contribution in [1.29, 1.82) is 0 Å². The van der Waals surface area contributed by atoms with Crippen molar-refractivity contribution in [3.8, 4) is 22.5 Å². The molecule has 1 N–H and O–H groups in total. The first-order chi connectivity index (χ1) is 17.2. The molecule has 7 nitrogen and oxygen atoms in total. The SMILES string of the molecule is Cc1cccc(-c2nc3cccnn3c2-c2ccnc(NC(=O)c3ccc4ncccc4c3)c2)c1. The second-order valence-corrected chi connectivity index (χ2v) is 8.27. The number of aryl methyl sites for hydroxylation is 1. The number of rotatable bonds is 4. The summed E-state index contributed by atoms with van der Waals surface area (Å²) in [6, 6.07) is 25.0. The molecule has 0 aliphatic rings. The highest BCUT2D eigenvalue weighted by atomic mass is 16.1. The number of amides is 1. The van der Waals surface area contributed by atoms with Crippen LogP contribution in [0, 0.1) is 6.92 Å². The van der Waals surface area contributed by atoms with Gasteiger partial charge in [0.2, 0.25) is 0 Å². The summed E-state index contributed by atoms with van der Waals surface area (Å²) < 4.78 is 1.81. The molecule has 0 saturated heterocycles. The van der Waals surface area contributed by atoms with Crippen LogP contribution < -0.4 is 5.32 Å². The van der Waals surface area contributed by atoms with Gasteiger partial charge in [-0.1, -0.05) is 29.8 Å². The number of hydrogen-bond donors (Lipinski definition) is 1. The molecule has 2 aromatic carbocycles. The smallest absolute Gasteiger partial charge is 0.256 e. The number of benzene rings is 2. The zero-order valence-electron chi connectivity index (χ0n) is 18.9. The number of fused-ring (bicyclic) bond motifs is 2. The predicted molar refractivity (Wildman–Crippen MR) is 136 cm³/mol. The Bertz CT molecular complexity index is 1720. The van der Waals surface area contributed by atoms with Crippen molar-refractivity contribution in [2.45, 2.75) is 6.92 Å². The summed E-state index contributed by atoms with van der Waals surface area (Å²) in [5, 5.41) is 8.36. The molecule has 7 heteroatoms. The van der Waals surface area contributed by atoms with Gasteiger partial charge >= 0.3 is 0 Å². The van der Waals surface area contributed by atoms with Crippen molar-refractivity contribution in [1.82, 2.24) is 24.6 Å². The molecule has 0 aliphatic heterocycles. The Balaban J connectivity index is 1.40. The van der Waals surface area contributed by atoms with Gasteiger partial charge in [0, 0.05) is 40.7 Å². The molecule has 1 amide bonds. The Morgan fingerprint density at radius 3 is 2.66 bits per heavy atom. The van der Waals surface area contributed by atoms with E-state index in [9.17, 15) is 4.79 Å². The highest BCUT2D eigenvalue weighted by molar-refractivity contribution is 6.06. The van der Waals surface area contributed by atoms with Crippen molar-refractivity contribution in [3.63, 3.8) is 0 Å². The standard InChI is InChI=1S/C28H20N6O/c1-18-5-2-6-20(15-18)26-27(34-25(33-26)8-4-13-31-34)21-11-14-30-24(17-21)32-28(35)22-9-10-23-19(16-22)7-3-12-29-23/h2-17H,1H3,(H,30,32,35). The summed E-state index contributed by atoms with van der Waals surface area (Å²) in [5.74, 6) is 0.204. The van der Waals surface area contributed by atoms with Crippen LogP contribution in [0.25, 0.3) is 39.1 Å². The first-order valence-corrected chi connectivity index (χ1v) is 11.2. The number of nitrogens with zero attached hydrogens (tertiary/aromatic N) is 5. The number of imidazole rings is 1. The van der Waals surface area contributed by atoms with Gasteiger partial charge in [0.25, 0.3) is 5.91 Å². The molecule has 0 bridgehead atoms. The lowest BCUT2D eigenvalue weighted by Crippen LogP contribution is -2.13. The van der Waals surface area contributed by atoms with Crippen molar-refractivity contribution in [3.05, 3.63) is 109 Å². The van der Waals surface area contributed by atoms with Crippen LogP contribution >= 0.6 is 0 Å². The molecule has 0 fully saturated rings. The molecular formula is C28H20N6O. The molecule has 6 aromatic rings. The van der Waals surface area contributed by atoms with E-state index in [4.69, 9.17) is 4.98 Å². The lowest BCUT2D eigenvalue weighted by atomic mass is 10.0. The largest absolute Gasteiger partial charge is 0.307 e. The fourth-order valence-corrected chi connectivity index (χ4v) is 4.19. The fraction of sp³-hybridized carbons (Fsp3) is 0.0357. The van der Waals surface area contributed by atoms with E-state index in [-0.39, 0.29) is 5.91 Å². The lowest BCUT2D eigenvalue weighted by molar-refractivity contribution is 0.102. The van der Waals surface area contributed by atoms with Gasteiger partial charge in [0.15, 0.2) is 5.65 Å². The van der Waals surface area contributed by atoms with E-state index in [1.165, 1.54) is 0 Å². The maximum atomic E-state index is 13.0. The van der Waals surface area contributed by atoms with Crippen LogP contribution in [0.15, 0.2) is 97.5 Å². The van der Waals surface area contributed by atoms with E-state index in [1.54, 1.807) is 24.7 Å². The third-order valence-corrected chi connectivity index (χ3v) is 5.82. The molecule has 0 aliphatic carbocycles. The lowest BCUT2D eigenvalue weighted by Gasteiger charge is -2.09. The summed E-state index contributed by atoms with van der Waals surface area (Å²) in [6.45, 7) is 2.06. The predicted octanol–water partition coefficient (Wildman–Crippen LogP) is 5.57. The van der Waals surface area contributed by atoms with E-state index in [1.807, 2.05) is 65.2 Å². The van der Waals surface area contributed by atoms with Gasteiger partial charge in [-0.25, -0.2) is 14.5 Å². The summed E-state index contributed by atoms with van der Waals surface area (Å²) >= 11 is 0. The summed E-state index contributed by atoms with van der Waals surface area (Å²) in [5.41, 5.74) is 6.76. The van der Waals surface area contributed by atoms with Gasteiger partial charge in [0.05, 0.1) is 11.2 Å². The number of hydrogen-bond acceptors (Lipinski definition) is 5. The molecule has 4 heterocycles. The molecule has 0 saturated carbocycles. The zero-order valence-corrected chi connectivity index (χ0v) is 18.9. The number of pyridine rings is 2. The van der Waals surface area contributed by atoms with E-state index in [2.05, 4.69) is 39.4 Å². The quantitative estimate of drug-likeness (QED) is 0.375. The molecule has 6 rings (SSSR count). The maximum Gasteiger partial charge on any atom is 0.256 e. The Labute approximate surface area is 201 Å². The van der Waals surface area contributed by atoms with Gasteiger partial charge in [-0.3, -0.25) is 9.78 Å². The van der Waals surface area contributed by atoms with Gasteiger partial charge in [0.1, 0.15) is 11.5 Å². The van der Waals surface area contributed by atoms with Crippen molar-refractivity contribution >= 4 is 28.3 Å². The normalized spacial score (nSPS) is 11.1. The van der Waals surface area contributed by atoms with E-state index in [0.29, 0.717) is 11.4 Å². The topological polar surface area (TPSA) is 85.1 Å². The molecule has 4 aromatic heterocycles. The van der Waals surface area contributed by atoms with Gasteiger partial charge in [-0.2, -0.15) is 5.10 Å². The molecule has 168 valence electrons. The fourth-order valence-electron chi connectivity index (χ4n) is 4.19. The van der Waals surface area contributed by atoms with Gasteiger partial charge in [-0.05, 0) is 61.5 Å². The summed E-state index contributed by atoms with van der Waals surface area (Å²) in [4.78, 5) is 26.5. The van der Waals surface area contributed by atoms with E-state index in [0.717, 1.165) is 44.6 Å².